The van der Waals surface area contributed by atoms with Crippen LogP contribution >= 0.6 is 0 Å². The summed E-state index contributed by atoms with van der Waals surface area (Å²) >= 11 is 0. The minimum Gasteiger partial charge on any atom is -0.331 e. The molecule has 2 aliphatic rings. The zero-order chi connectivity index (χ0) is 17.5. The molecule has 0 bridgehead atoms. The number of hydrogen-bond donors (Lipinski definition) is 1. The molecule has 1 saturated carbocycles. The summed E-state index contributed by atoms with van der Waals surface area (Å²) in [4.78, 5) is 19.3. The second-order valence-electron chi connectivity index (χ2n) is 7.22. The topological polar surface area (TPSA) is 50.2 Å². The number of nitrogens with zero attached hydrogens (tertiary/aromatic N) is 3. The van der Waals surface area contributed by atoms with Crippen molar-refractivity contribution in [1.29, 1.82) is 0 Å². The number of nitrogens with one attached hydrogen (secondary N) is 1. The maximum atomic E-state index is 12.7. The van der Waals surface area contributed by atoms with Crippen LogP contribution in [0.5, 0.6) is 0 Å². The molecule has 3 aromatic rings. The highest BCUT2D eigenvalue weighted by Crippen LogP contribution is 2.38. The number of imidazole rings is 1. The van der Waals surface area contributed by atoms with E-state index in [1.165, 1.54) is 29.5 Å². The van der Waals surface area contributed by atoms with E-state index < -0.39 is 0 Å². The van der Waals surface area contributed by atoms with Gasteiger partial charge >= 0.3 is 6.03 Å². The lowest BCUT2D eigenvalue weighted by Gasteiger charge is -2.29. The molecule has 5 heteroatoms. The Hall–Kier alpha value is -2.82. The number of fused-ring (bicyclic) bond motifs is 2. The lowest BCUT2D eigenvalue weighted by atomic mass is 10.0. The number of amides is 2. The number of carbonyl (C=O) groups is 1. The van der Waals surface area contributed by atoms with Gasteiger partial charge in [0.15, 0.2) is 0 Å². The summed E-state index contributed by atoms with van der Waals surface area (Å²) < 4.78 is 2.31. The van der Waals surface area contributed by atoms with Gasteiger partial charge in [0.2, 0.25) is 0 Å². The Kier molecular flexibility index (Phi) is 3.66. The van der Waals surface area contributed by atoms with Gasteiger partial charge in [0, 0.05) is 19.1 Å². The van der Waals surface area contributed by atoms with E-state index >= 15 is 0 Å². The van der Waals surface area contributed by atoms with Crippen molar-refractivity contribution in [1.82, 2.24) is 19.8 Å². The molecule has 1 N–H and O–H groups in total. The Morgan fingerprint density at radius 2 is 1.85 bits per heavy atom. The second-order valence-corrected chi connectivity index (χ2v) is 7.22. The maximum absolute atomic E-state index is 12.7. The van der Waals surface area contributed by atoms with Gasteiger partial charge in [-0.25, -0.2) is 9.78 Å². The molecule has 5 rings (SSSR count). The summed E-state index contributed by atoms with van der Waals surface area (Å²) in [6.45, 7) is 1.92. The van der Waals surface area contributed by atoms with Gasteiger partial charge in [-0.2, -0.15) is 0 Å². The number of hydrogen-bond acceptors (Lipinski definition) is 2. The maximum Gasteiger partial charge on any atom is 0.318 e. The van der Waals surface area contributed by atoms with Gasteiger partial charge in [-0.3, -0.25) is 0 Å². The van der Waals surface area contributed by atoms with Gasteiger partial charge in [-0.1, -0.05) is 36.4 Å². The zero-order valence-corrected chi connectivity index (χ0v) is 14.7. The van der Waals surface area contributed by atoms with Crippen molar-refractivity contribution >= 4 is 17.1 Å². The van der Waals surface area contributed by atoms with Crippen LogP contribution in [-0.4, -0.2) is 27.0 Å². The molecule has 2 aromatic carbocycles. The molecule has 0 spiro atoms. The largest absolute Gasteiger partial charge is 0.331 e. The van der Waals surface area contributed by atoms with Crippen molar-refractivity contribution in [2.45, 2.75) is 38.4 Å². The van der Waals surface area contributed by atoms with Crippen molar-refractivity contribution in [3.05, 3.63) is 65.5 Å². The summed E-state index contributed by atoms with van der Waals surface area (Å²) in [6, 6.07) is 17.1. The minimum atomic E-state index is -0.00564. The monoisotopic (exact) mass is 346 g/mol. The van der Waals surface area contributed by atoms with E-state index in [0.717, 1.165) is 24.3 Å². The molecule has 2 amide bonds. The van der Waals surface area contributed by atoms with Crippen molar-refractivity contribution in [3.8, 4) is 0 Å². The molecule has 5 nitrogen and oxygen atoms in total. The Morgan fingerprint density at radius 3 is 2.69 bits per heavy atom. The molecule has 132 valence electrons. The number of carbonyl (C=O) groups excluding carboxylic acids is 1. The summed E-state index contributed by atoms with van der Waals surface area (Å²) in [5.74, 6) is 0.958. The van der Waals surface area contributed by atoms with Crippen LogP contribution in [0.25, 0.3) is 11.0 Å². The minimum absolute atomic E-state index is 0.00564. The third-order valence-electron chi connectivity index (χ3n) is 5.40. The van der Waals surface area contributed by atoms with Gasteiger partial charge in [-0.15, -0.1) is 0 Å². The summed E-state index contributed by atoms with van der Waals surface area (Å²) in [6.07, 6.45) is 3.32. The smallest absolute Gasteiger partial charge is 0.318 e. The molecule has 1 aliphatic heterocycles. The molecule has 1 aliphatic carbocycles. The number of urea groups is 1. The van der Waals surface area contributed by atoms with Crippen LogP contribution < -0.4 is 5.32 Å². The molecule has 1 aromatic heterocycles. The lowest BCUT2D eigenvalue weighted by Crippen LogP contribution is -2.42. The Bertz CT molecular complexity index is 973. The predicted octanol–water partition coefficient (Wildman–Crippen LogP) is 3.64. The average Bonchev–Trinajstić information content (AvgIpc) is 3.45. The molecule has 0 saturated heterocycles. The van der Waals surface area contributed by atoms with Crippen molar-refractivity contribution in [2.75, 3.05) is 6.54 Å². The fourth-order valence-electron chi connectivity index (χ4n) is 3.89. The van der Waals surface area contributed by atoms with Gasteiger partial charge < -0.3 is 14.8 Å². The molecule has 26 heavy (non-hydrogen) atoms. The number of benzene rings is 2. The van der Waals surface area contributed by atoms with E-state index in [9.17, 15) is 4.79 Å². The molecule has 2 heterocycles. The van der Waals surface area contributed by atoms with Gasteiger partial charge in [0.1, 0.15) is 5.82 Å². The quantitative estimate of drug-likeness (QED) is 0.787. The van der Waals surface area contributed by atoms with Crippen molar-refractivity contribution in [2.24, 2.45) is 0 Å². The summed E-state index contributed by atoms with van der Waals surface area (Å²) in [5, 5.41) is 3.09. The van der Waals surface area contributed by atoms with Crippen LogP contribution in [0.3, 0.4) is 0 Å². The molecule has 0 atom stereocenters. The van der Waals surface area contributed by atoms with Crippen LogP contribution in [0.1, 0.15) is 35.8 Å². The molecule has 0 unspecified atom stereocenters. The number of rotatable bonds is 3. The second kappa shape index (κ2) is 6.16. The fraction of sp³-hybridized carbons (Fsp3) is 0.333. The van der Waals surface area contributed by atoms with Crippen molar-refractivity contribution < 1.29 is 4.79 Å². The highest BCUT2D eigenvalue weighted by molar-refractivity contribution is 5.77. The first kappa shape index (κ1) is 15.4. The first-order valence-corrected chi connectivity index (χ1v) is 9.35. The standard InChI is InChI=1S/C21H22N4O/c26-21(24-12-11-15-5-1-2-6-16(15)14-24)22-13-20-23-18-7-3-4-8-19(18)25(20)17-9-10-17/h1-8,17H,9-14H2,(H,22,26). The Labute approximate surface area is 152 Å². The molecule has 1 fully saturated rings. The first-order chi connectivity index (χ1) is 12.8. The summed E-state index contributed by atoms with van der Waals surface area (Å²) in [5.41, 5.74) is 4.79. The Balaban J connectivity index is 1.32. The van der Waals surface area contributed by atoms with Crippen LogP contribution in [0, 0.1) is 0 Å². The average molecular weight is 346 g/mol. The van der Waals surface area contributed by atoms with Crippen LogP contribution in [0.4, 0.5) is 4.79 Å². The van der Waals surface area contributed by atoms with E-state index in [1.54, 1.807) is 0 Å². The van der Waals surface area contributed by atoms with Crippen LogP contribution in [-0.2, 0) is 19.5 Å². The normalized spacial score (nSPS) is 16.5. The van der Waals surface area contributed by atoms with E-state index in [2.05, 4.69) is 40.2 Å². The van der Waals surface area contributed by atoms with Gasteiger partial charge in [0.25, 0.3) is 0 Å². The summed E-state index contributed by atoms with van der Waals surface area (Å²) in [7, 11) is 0. The van der Waals surface area contributed by atoms with Crippen LogP contribution in [0.15, 0.2) is 48.5 Å². The highest BCUT2D eigenvalue weighted by Gasteiger charge is 2.28. The van der Waals surface area contributed by atoms with E-state index in [-0.39, 0.29) is 6.03 Å². The lowest BCUT2D eigenvalue weighted by molar-refractivity contribution is 0.191. The van der Waals surface area contributed by atoms with Crippen LogP contribution in [0.2, 0.25) is 0 Å². The van der Waals surface area contributed by atoms with E-state index in [1.807, 2.05) is 23.1 Å². The molecular weight excluding hydrogens is 324 g/mol. The number of aromatic nitrogens is 2. The predicted molar refractivity (Wildman–Crippen MR) is 101 cm³/mol. The van der Waals surface area contributed by atoms with E-state index in [0.29, 0.717) is 19.1 Å². The Morgan fingerprint density at radius 1 is 1.08 bits per heavy atom. The van der Waals surface area contributed by atoms with E-state index in [4.69, 9.17) is 4.98 Å². The fourth-order valence-corrected chi connectivity index (χ4v) is 3.89. The number of para-hydroxylation sites is 2. The molecular formula is C21H22N4O. The SMILES string of the molecule is O=C(NCc1nc2ccccc2n1C1CC1)N1CCc2ccccc2C1. The zero-order valence-electron chi connectivity index (χ0n) is 14.7. The third-order valence-corrected chi connectivity index (χ3v) is 5.40. The first-order valence-electron chi connectivity index (χ1n) is 9.35. The van der Waals surface area contributed by atoms with Gasteiger partial charge in [0.05, 0.1) is 17.6 Å². The van der Waals surface area contributed by atoms with Crippen molar-refractivity contribution in [3.63, 3.8) is 0 Å². The van der Waals surface area contributed by atoms with Gasteiger partial charge in [-0.05, 0) is 42.5 Å². The molecule has 0 radical (unpaired) electrons. The third kappa shape index (κ3) is 2.73. The highest BCUT2D eigenvalue weighted by atomic mass is 16.2.